The van der Waals surface area contributed by atoms with Gasteiger partial charge in [-0.25, -0.2) is 4.98 Å². The number of benzene rings is 1. The molecule has 0 aliphatic rings. The molecule has 0 aliphatic carbocycles. The van der Waals surface area contributed by atoms with Crippen molar-refractivity contribution < 1.29 is 9.53 Å². The molecular weight excluding hydrogens is 340 g/mol. The number of rotatable bonds is 6. The lowest BCUT2D eigenvalue weighted by molar-refractivity contribution is -0.121. The van der Waals surface area contributed by atoms with Crippen LogP contribution >= 0.6 is 22.7 Å². The molecule has 2 aromatic heterocycles. The predicted molar refractivity (Wildman–Crippen MR) is 98.7 cm³/mol. The van der Waals surface area contributed by atoms with Gasteiger partial charge in [-0.1, -0.05) is 24.3 Å². The second-order valence-electron chi connectivity index (χ2n) is 5.33. The number of hydrogen-bond acceptors (Lipinski definition) is 5. The lowest BCUT2D eigenvalue weighted by Gasteiger charge is -2.16. The maximum absolute atomic E-state index is 12.3. The molecule has 0 bridgehead atoms. The van der Waals surface area contributed by atoms with Crippen molar-refractivity contribution in [3.05, 3.63) is 58.4 Å². The van der Waals surface area contributed by atoms with Crippen molar-refractivity contribution in [1.29, 1.82) is 0 Å². The molecule has 1 aromatic carbocycles. The third-order valence-electron chi connectivity index (χ3n) is 3.61. The van der Waals surface area contributed by atoms with Crippen LogP contribution in [0, 0.1) is 0 Å². The second kappa shape index (κ2) is 7.59. The van der Waals surface area contributed by atoms with Gasteiger partial charge in [-0.15, -0.1) is 22.7 Å². The Morgan fingerprint density at radius 3 is 2.83 bits per heavy atom. The van der Waals surface area contributed by atoms with Crippen LogP contribution in [0.3, 0.4) is 0 Å². The zero-order valence-electron chi connectivity index (χ0n) is 13.5. The van der Waals surface area contributed by atoms with E-state index in [1.807, 2.05) is 54.1 Å². The molecule has 0 spiro atoms. The molecule has 0 unspecified atom stereocenters. The van der Waals surface area contributed by atoms with Crippen LogP contribution < -0.4 is 10.1 Å². The monoisotopic (exact) mass is 358 g/mol. The summed E-state index contributed by atoms with van der Waals surface area (Å²) in [5.41, 5.74) is 1.76. The Balaban J connectivity index is 1.63. The maximum atomic E-state index is 12.3. The molecule has 3 rings (SSSR count). The summed E-state index contributed by atoms with van der Waals surface area (Å²) in [6.07, 6.45) is 0.279. The number of thiazole rings is 1. The first-order chi connectivity index (χ1) is 11.7. The van der Waals surface area contributed by atoms with Crippen LogP contribution in [0.5, 0.6) is 5.75 Å². The quantitative estimate of drug-likeness (QED) is 0.715. The van der Waals surface area contributed by atoms with Crippen molar-refractivity contribution in [3.8, 4) is 15.6 Å². The lowest BCUT2D eigenvalue weighted by atomic mass is 10.1. The van der Waals surface area contributed by atoms with Crippen LogP contribution in [0.2, 0.25) is 0 Å². The fraction of sp³-hybridized carbons (Fsp3) is 0.222. The number of carbonyl (C=O) groups excluding carboxylic acids is 1. The van der Waals surface area contributed by atoms with Gasteiger partial charge in [0, 0.05) is 10.9 Å². The molecule has 0 saturated carbocycles. The van der Waals surface area contributed by atoms with E-state index < -0.39 is 0 Å². The smallest absolute Gasteiger partial charge is 0.226 e. The van der Waals surface area contributed by atoms with E-state index in [2.05, 4.69) is 10.3 Å². The molecular formula is C18H18N2O2S2. The van der Waals surface area contributed by atoms with Crippen LogP contribution in [0.4, 0.5) is 0 Å². The number of hydrogen-bond donors (Lipinski definition) is 1. The summed E-state index contributed by atoms with van der Waals surface area (Å²) in [6.45, 7) is 1.95. The molecule has 0 saturated heterocycles. The SMILES string of the molecule is COc1ccccc1[C@@H](C)NC(=O)Cc1csc(-c2cccs2)n1. The van der Waals surface area contributed by atoms with Crippen LogP contribution in [0.25, 0.3) is 9.88 Å². The molecule has 24 heavy (non-hydrogen) atoms. The summed E-state index contributed by atoms with van der Waals surface area (Å²) in [5.74, 6) is 0.732. The third-order valence-corrected chi connectivity index (χ3v) is 5.54. The highest BCUT2D eigenvalue weighted by molar-refractivity contribution is 7.20. The Labute approximate surface area is 149 Å². The number of amides is 1. The lowest BCUT2D eigenvalue weighted by Crippen LogP contribution is -2.28. The molecule has 1 atom stereocenters. The van der Waals surface area contributed by atoms with Crippen LogP contribution in [0.15, 0.2) is 47.2 Å². The van der Waals surface area contributed by atoms with Gasteiger partial charge in [0.1, 0.15) is 10.8 Å². The first-order valence-electron chi connectivity index (χ1n) is 7.58. The average molecular weight is 358 g/mol. The average Bonchev–Trinajstić information content (AvgIpc) is 3.25. The van der Waals surface area contributed by atoms with Gasteiger partial charge in [-0.05, 0) is 24.4 Å². The van der Waals surface area contributed by atoms with Gasteiger partial charge in [-0.3, -0.25) is 4.79 Å². The number of nitrogens with zero attached hydrogens (tertiary/aromatic N) is 1. The number of para-hydroxylation sites is 1. The Kier molecular flexibility index (Phi) is 5.27. The van der Waals surface area contributed by atoms with E-state index in [-0.39, 0.29) is 18.4 Å². The summed E-state index contributed by atoms with van der Waals surface area (Å²) in [5, 5.41) is 7.95. The zero-order chi connectivity index (χ0) is 16.9. The van der Waals surface area contributed by atoms with E-state index in [0.717, 1.165) is 26.9 Å². The highest BCUT2D eigenvalue weighted by Gasteiger charge is 2.15. The van der Waals surface area contributed by atoms with E-state index >= 15 is 0 Å². The minimum absolute atomic E-state index is 0.0450. The van der Waals surface area contributed by atoms with Crippen LogP contribution in [-0.4, -0.2) is 18.0 Å². The van der Waals surface area contributed by atoms with Gasteiger partial charge in [0.05, 0.1) is 30.1 Å². The molecule has 1 N–H and O–H groups in total. The normalized spacial score (nSPS) is 11.9. The number of carbonyl (C=O) groups is 1. The van der Waals surface area contributed by atoms with E-state index in [1.54, 1.807) is 29.8 Å². The van der Waals surface area contributed by atoms with E-state index in [0.29, 0.717) is 0 Å². The number of ether oxygens (including phenoxy) is 1. The molecule has 2 heterocycles. The van der Waals surface area contributed by atoms with Crippen LogP contribution in [-0.2, 0) is 11.2 Å². The zero-order valence-corrected chi connectivity index (χ0v) is 15.1. The third kappa shape index (κ3) is 3.83. The number of methoxy groups -OCH3 is 1. The Morgan fingerprint density at radius 1 is 1.25 bits per heavy atom. The van der Waals surface area contributed by atoms with Gasteiger partial charge in [0.15, 0.2) is 0 Å². The van der Waals surface area contributed by atoms with Crippen molar-refractivity contribution in [3.63, 3.8) is 0 Å². The Morgan fingerprint density at radius 2 is 2.08 bits per heavy atom. The summed E-state index contributed by atoms with van der Waals surface area (Å²) >= 11 is 3.22. The highest BCUT2D eigenvalue weighted by atomic mass is 32.1. The van der Waals surface area contributed by atoms with Gasteiger partial charge in [-0.2, -0.15) is 0 Å². The van der Waals surface area contributed by atoms with E-state index in [1.165, 1.54) is 0 Å². The largest absolute Gasteiger partial charge is 0.496 e. The first kappa shape index (κ1) is 16.7. The first-order valence-corrected chi connectivity index (χ1v) is 9.34. The van der Waals surface area contributed by atoms with E-state index in [9.17, 15) is 4.79 Å². The summed E-state index contributed by atoms with van der Waals surface area (Å²) in [6, 6.07) is 11.6. The van der Waals surface area contributed by atoms with E-state index in [4.69, 9.17) is 4.74 Å². The molecule has 3 aromatic rings. The topological polar surface area (TPSA) is 51.2 Å². The molecule has 0 aliphatic heterocycles. The van der Waals surface area contributed by atoms with Gasteiger partial charge >= 0.3 is 0 Å². The van der Waals surface area contributed by atoms with Gasteiger partial charge in [0.25, 0.3) is 0 Å². The van der Waals surface area contributed by atoms with Gasteiger partial charge in [0.2, 0.25) is 5.91 Å². The van der Waals surface area contributed by atoms with Crippen molar-refractivity contribution in [2.75, 3.05) is 7.11 Å². The number of thiophene rings is 1. The summed E-state index contributed by atoms with van der Waals surface area (Å²) < 4.78 is 5.35. The Bertz CT molecular complexity index is 812. The van der Waals surface area contributed by atoms with Crippen molar-refractivity contribution in [2.24, 2.45) is 0 Å². The molecule has 6 heteroatoms. The van der Waals surface area contributed by atoms with Gasteiger partial charge < -0.3 is 10.1 Å². The summed E-state index contributed by atoms with van der Waals surface area (Å²) in [4.78, 5) is 18.0. The standard InChI is InChI=1S/C18H18N2O2S2/c1-12(14-6-3-4-7-15(14)22-2)19-17(21)10-13-11-24-18(20-13)16-8-5-9-23-16/h3-9,11-12H,10H2,1-2H3,(H,19,21)/t12-/m1/s1. The number of nitrogens with one attached hydrogen (secondary N) is 1. The highest BCUT2D eigenvalue weighted by Crippen LogP contribution is 2.28. The second-order valence-corrected chi connectivity index (χ2v) is 7.14. The number of aromatic nitrogens is 1. The molecule has 0 fully saturated rings. The summed E-state index contributed by atoms with van der Waals surface area (Å²) in [7, 11) is 1.63. The minimum atomic E-state index is -0.121. The molecule has 4 nitrogen and oxygen atoms in total. The molecule has 0 radical (unpaired) electrons. The van der Waals surface area contributed by atoms with Crippen LogP contribution in [0.1, 0.15) is 24.2 Å². The van der Waals surface area contributed by atoms with Crippen molar-refractivity contribution in [1.82, 2.24) is 10.3 Å². The fourth-order valence-electron chi connectivity index (χ4n) is 2.46. The van der Waals surface area contributed by atoms with Crippen molar-refractivity contribution in [2.45, 2.75) is 19.4 Å². The molecule has 124 valence electrons. The fourth-order valence-corrected chi connectivity index (χ4v) is 4.09. The predicted octanol–water partition coefficient (Wildman–Crippen LogP) is 4.30. The minimum Gasteiger partial charge on any atom is -0.496 e. The Hall–Kier alpha value is -2.18. The van der Waals surface area contributed by atoms with Crippen molar-refractivity contribution >= 4 is 28.6 Å². The molecule has 1 amide bonds. The maximum Gasteiger partial charge on any atom is 0.226 e.